The molecule has 19 nitrogen and oxygen atoms in total. The van der Waals surface area contributed by atoms with Crippen molar-refractivity contribution in [1.29, 1.82) is 0 Å². The van der Waals surface area contributed by atoms with Crippen LogP contribution in [0.2, 0.25) is 0 Å². The highest BCUT2D eigenvalue weighted by molar-refractivity contribution is 5.89. The van der Waals surface area contributed by atoms with E-state index in [4.69, 9.17) is 62.6 Å². The highest BCUT2D eigenvalue weighted by atomic mass is 16.6. The molecule has 0 fully saturated rings. The Labute approximate surface area is 347 Å². The molecule has 0 spiro atoms. The minimum atomic E-state index is -0.716. The number of carbonyl (C=O) groups excluding carboxylic acids is 3. The molecule has 0 radical (unpaired) electrons. The second kappa shape index (κ2) is 49.3. The predicted molar refractivity (Wildman–Crippen MR) is 218 cm³/mol. The van der Waals surface area contributed by atoms with Crippen molar-refractivity contribution in [1.82, 2.24) is 16.0 Å². The molecule has 2 unspecified atom stereocenters. The zero-order valence-corrected chi connectivity index (χ0v) is 36.4. The summed E-state index contributed by atoms with van der Waals surface area (Å²) in [6, 6.07) is -1.36. The molecular formula is C39H80N4O15. The second-order valence-corrected chi connectivity index (χ2v) is 12.1. The number of hydrogen-bond donors (Lipinski definition) is 4. The van der Waals surface area contributed by atoms with E-state index in [2.05, 4.69) is 16.0 Å². The van der Waals surface area contributed by atoms with Crippen molar-refractivity contribution in [2.75, 3.05) is 172 Å². The third-order valence-corrected chi connectivity index (χ3v) is 7.29. The molecule has 19 heteroatoms. The van der Waals surface area contributed by atoms with Crippen molar-refractivity contribution in [2.45, 2.75) is 65.5 Å². The summed E-state index contributed by atoms with van der Waals surface area (Å²) in [6.45, 7) is 19.0. The Morgan fingerprint density at radius 1 is 0.483 bits per heavy atom. The number of nitrogens with one attached hydrogen (secondary N) is 3. The van der Waals surface area contributed by atoms with Crippen molar-refractivity contribution in [3.8, 4) is 0 Å². The van der Waals surface area contributed by atoms with E-state index < -0.39 is 12.1 Å². The third kappa shape index (κ3) is 45.0. The van der Waals surface area contributed by atoms with Crippen LogP contribution in [0.25, 0.3) is 0 Å². The molecule has 0 aromatic rings. The fourth-order valence-electron chi connectivity index (χ4n) is 4.19. The van der Waals surface area contributed by atoms with Gasteiger partial charge < -0.3 is 78.5 Å². The van der Waals surface area contributed by atoms with Gasteiger partial charge in [-0.25, -0.2) is 0 Å². The lowest BCUT2D eigenvalue weighted by Crippen LogP contribution is -2.50. The van der Waals surface area contributed by atoms with E-state index in [0.29, 0.717) is 171 Å². The van der Waals surface area contributed by atoms with Crippen LogP contribution in [0.5, 0.6) is 0 Å². The number of carbonyl (C=O) groups is 3. The zero-order valence-electron chi connectivity index (χ0n) is 36.4. The molecule has 3 amide bonds. The van der Waals surface area contributed by atoms with Gasteiger partial charge in [-0.2, -0.15) is 0 Å². The maximum Gasteiger partial charge on any atom is 0.245 e. The Balaban J connectivity index is 0. The first-order valence-corrected chi connectivity index (χ1v) is 20.9. The summed E-state index contributed by atoms with van der Waals surface area (Å²) in [5.41, 5.74) is 5.93. The summed E-state index contributed by atoms with van der Waals surface area (Å²) in [6.07, 6.45) is 2.58. The molecule has 0 aliphatic rings. The standard InChI is InChI=1S/C37H74N4O15.C2H6/c1-4-8-40-36(43)33(2)41-37(44)34(38)7-5-6-9-39-35(42)32-56-31-30-55-29-28-54-27-26-53-25-24-52-23-22-51-21-20-50-19-18-49-17-16-48-15-14-47-13-12-46-11-10-45-3;1-2/h33-34H,4-32,38H2,1-3H3,(H,39,42)(H,40,43)(H,41,44);1-2H3. The lowest BCUT2D eigenvalue weighted by atomic mass is 10.1. The molecule has 0 rings (SSSR count). The average molecular weight is 845 g/mol. The number of methoxy groups -OCH3 is 1. The van der Waals surface area contributed by atoms with Gasteiger partial charge in [-0.15, -0.1) is 0 Å². The largest absolute Gasteiger partial charge is 0.382 e. The van der Waals surface area contributed by atoms with E-state index in [1.54, 1.807) is 14.0 Å². The summed E-state index contributed by atoms with van der Waals surface area (Å²) >= 11 is 0. The van der Waals surface area contributed by atoms with Gasteiger partial charge in [-0.1, -0.05) is 20.8 Å². The first-order valence-electron chi connectivity index (χ1n) is 20.9. The molecule has 58 heavy (non-hydrogen) atoms. The fourth-order valence-corrected chi connectivity index (χ4v) is 4.19. The van der Waals surface area contributed by atoms with Gasteiger partial charge in [0.2, 0.25) is 17.7 Å². The van der Waals surface area contributed by atoms with Crippen LogP contribution in [0, 0.1) is 0 Å². The number of ether oxygens (including phenoxy) is 12. The Morgan fingerprint density at radius 3 is 1.17 bits per heavy atom. The summed E-state index contributed by atoms with van der Waals surface area (Å²) in [7, 11) is 1.64. The minimum Gasteiger partial charge on any atom is -0.382 e. The number of rotatable bonds is 45. The zero-order chi connectivity index (χ0) is 43.0. The number of amides is 3. The van der Waals surface area contributed by atoms with E-state index in [-0.39, 0.29) is 30.9 Å². The summed E-state index contributed by atoms with van der Waals surface area (Å²) in [5, 5.41) is 8.12. The third-order valence-electron chi connectivity index (χ3n) is 7.29. The number of unbranched alkanes of at least 4 members (excludes halogenated alkanes) is 1. The van der Waals surface area contributed by atoms with Crippen LogP contribution in [0.1, 0.15) is 53.4 Å². The molecule has 0 saturated carbocycles. The quantitative estimate of drug-likeness (QED) is 0.0613. The van der Waals surface area contributed by atoms with Gasteiger partial charge in [0.1, 0.15) is 12.6 Å². The molecular weight excluding hydrogens is 764 g/mol. The van der Waals surface area contributed by atoms with Crippen molar-refractivity contribution < 1.29 is 71.2 Å². The predicted octanol–water partition coefficient (Wildman–Crippen LogP) is 0.486. The van der Waals surface area contributed by atoms with Gasteiger partial charge in [0.05, 0.1) is 151 Å². The molecule has 5 N–H and O–H groups in total. The van der Waals surface area contributed by atoms with Crippen molar-refractivity contribution >= 4 is 17.7 Å². The molecule has 0 aliphatic heterocycles. The van der Waals surface area contributed by atoms with E-state index in [9.17, 15) is 14.4 Å². The Morgan fingerprint density at radius 2 is 0.828 bits per heavy atom. The lowest BCUT2D eigenvalue weighted by molar-refractivity contribution is -0.129. The average Bonchev–Trinajstić information content (AvgIpc) is 3.23. The highest BCUT2D eigenvalue weighted by Crippen LogP contribution is 2.00. The molecule has 0 saturated heterocycles. The Hall–Kier alpha value is -2.11. The van der Waals surface area contributed by atoms with E-state index in [1.807, 2.05) is 20.8 Å². The van der Waals surface area contributed by atoms with Crippen LogP contribution in [0.3, 0.4) is 0 Å². The van der Waals surface area contributed by atoms with Gasteiger partial charge in [0, 0.05) is 20.2 Å². The van der Waals surface area contributed by atoms with E-state index in [1.165, 1.54) is 0 Å². The normalized spacial score (nSPS) is 12.1. The monoisotopic (exact) mass is 845 g/mol. The first-order chi connectivity index (χ1) is 28.4. The molecule has 0 aromatic carbocycles. The van der Waals surface area contributed by atoms with Crippen LogP contribution in [-0.4, -0.2) is 202 Å². The number of hydrogen-bond acceptors (Lipinski definition) is 16. The van der Waals surface area contributed by atoms with Crippen molar-refractivity contribution in [2.24, 2.45) is 5.73 Å². The molecule has 2 atom stereocenters. The lowest BCUT2D eigenvalue weighted by Gasteiger charge is -2.17. The minimum absolute atomic E-state index is 0.0659. The maximum atomic E-state index is 12.2. The van der Waals surface area contributed by atoms with Crippen molar-refractivity contribution in [3.05, 3.63) is 0 Å². The summed E-state index contributed by atoms with van der Waals surface area (Å²) in [5.74, 6) is -0.832. The van der Waals surface area contributed by atoms with E-state index >= 15 is 0 Å². The second-order valence-electron chi connectivity index (χ2n) is 12.1. The highest BCUT2D eigenvalue weighted by Gasteiger charge is 2.19. The molecule has 0 aromatic heterocycles. The molecule has 0 heterocycles. The molecule has 0 aliphatic carbocycles. The molecule has 346 valence electrons. The smallest absolute Gasteiger partial charge is 0.245 e. The topological polar surface area (TPSA) is 224 Å². The van der Waals surface area contributed by atoms with Gasteiger partial charge in [0.15, 0.2) is 0 Å². The van der Waals surface area contributed by atoms with Crippen molar-refractivity contribution in [3.63, 3.8) is 0 Å². The maximum absolute atomic E-state index is 12.2. The summed E-state index contributed by atoms with van der Waals surface area (Å²) in [4.78, 5) is 36.0. The summed E-state index contributed by atoms with van der Waals surface area (Å²) < 4.78 is 64.6. The van der Waals surface area contributed by atoms with Gasteiger partial charge in [-0.3, -0.25) is 14.4 Å². The van der Waals surface area contributed by atoms with Gasteiger partial charge in [-0.05, 0) is 32.6 Å². The first kappa shape index (κ1) is 58.0. The van der Waals surface area contributed by atoms with Crippen LogP contribution < -0.4 is 21.7 Å². The fraction of sp³-hybridized carbons (Fsp3) is 0.923. The van der Waals surface area contributed by atoms with Gasteiger partial charge >= 0.3 is 0 Å². The Kier molecular flexibility index (Phi) is 49.2. The van der Waals surface area contributed by atoms with E-state index in [0.717, 1.165) is 6.42 Å². The SMILES string of the molecule is CC.CCCNC(=O)C(C)NC(=O)C(N)CCCCNC(=O)COCCOCCOCCOCCOCCOCCOCCOCCOCCOCCOCCOC. The van der Waals surface area contributed by atoms with Crippen LogP contribution in [0.4, 0.5) is 0 Å². The van der Waals surface area contributed by atoms with Gasteiger partial charge in [0.25, 0.3) is 0 Å². The number of nitrogens with two attached hydrogens (primary N) is 1. The van der Waals surface area contributed by atoms with Crippen LogP contribution in [0.15, 0.2) is 0 Å². The van der Waals surface area contributed by atoms with Crippen LogP contribution >= 0.6 is 0 Å². The molecule has 0 bridgehead atoms. The van der Waals surface area contributed by atoms with Crippen LogP contribution in [-0.2, 0) is 71.2 Å². The Bertz CT molecular complexity index is 883.